The predicted octanol–water partition coefficient (Wildman–Crippen LogP) is 4.52. The Morgan fingerprint density at radius 2 is 2.28 bits per heavy atom. The van der Waals surface area contributed by atoms with Crippen LogP contribution in [0.3, 0.4) is 0 Å². The van der Waals surface area contributed by atoms with Gasteiger partial charge < -0.3 is 10.1 Å². The maximum atomic E-state index is 5.78. The van der Waals surface area contributed by atoms with E-state index in [0.717, 1.165) is 19.4 Å². The molecule has 0 radical (unpaired) electrons. The highest BCUT2D eigenvalue weighted by Gasteiger charge is 2.21. The van der Waals surface area contributed by atoms with Crippen molar-refractivity contribution < 1.29 is 4.74 Å². The molecule has 2 atom stereocenters. The van der Waals surface area contributed by atoms with Crippen LogP contribution in [0, 0.1) is 6.92 Å². The third-order valence-corrected chi connectivity index (χ3v) is 4.40. The zero-order valence-corrected chi connectivity index (χ0v) is 12.8. The Morgan fingerprint density at radius 3 is 3.00 bits per heavy atom. The summed E-state index contributed by atoms with van der Waals surface area (Å²) in [7, 11) is 0. The zero-order valence-electron chi connectivity index (χ0n) is 11.2. The van der Waals surface area contributed by atoms with Crippen molar-refractivity contribution in [2.45, 2.75) is 51.7 Å². The van der Waals surface area contributed by atoms with Crippen molar-refractivity contribution in [3.8, 4) is 0 Å². The highest BCUT2D eigenvalue weighted by atomic mass is 79.9. The molecule has 2 unspecified atom stereocenters. The molecule has 0 amide bonds. The summed E-state index contributed by atoms with van der Waals surface area (Å²) in [5.74, 6) is 0. The van der Waals surface area contributed by atoms with Crippen molar-refractivity contribution in [2.75, 3.05) is 11.9 Å². The fourth-order valence-electron chi connectivity index (χ4n) is 2.50. The second-order valence-electron chi connectivity index (χ2n) is 5.11. The predicted molar refractivity (Wildman–Crippen MR) is 80.2 cm³/mol. The van der Waals surface area contributed by atoms with E-state index >= 15 is 0 Å². The fourth-order valence-corrected chi connectivity index (χ4v) is 2.75. The summed E-state index contributed by atoms with van der Waals surface area (Å²) in [5, 5.41) is 3.64. The molecule has 0 spiro atoms. The minimum absolute atomic E-state index is 0.442. The van der Waals surface area contributed by atoms with Crippen molar-refractivity contribution in [3.05, 3.63) is 28.2 Å². The number of benzene rings is 1. The highest BCUT2D eigenvalue weighted by Crippen LogP contribution is 2.24. The SMILES string of the molecule is CCCC1CC(Nc2ccc(Br)c(C)c2)CCO1. The largest absolute Gasteiger partial charge is 0.382 e. The Kier molecular flexibility index (Phi) is 5.07. The molecule has 2 rings (SSSR count). The monoisotopic (exact) mass is 311 g/mol. The summed E-state index contributed by atoms with van der Waals surface area (Å²) in [6, 6.07) is 7.01. The molecular weight excluding hydrogens is 290 g/mol. The van der Waals surface area contributed by atoms with Gasteiger partial charge in [0.15, 0.2) is 0 Å². The number of anilines is 1. The van der Waals surface area contributed by atoms with Crippen LogP contribution in [0.5, 0.6) is 0 Å². The van der Waals surface area contributed by atoms with Crippen molar-refractivity contribution in [1.29, 1.82) is 0 Å². The van der Waals surface area contributed by atoms with Gasteiger partial charge in [0, 0.05) is 22.8 Å². The van der Waals surface area contributed by atoms with E-state index < -0.39 is 0 Å². The van der Waals surface area contributed by atoms with Gasteiger partial charge in [-0.3, -0.25) is 0 Å². The number of ether oxygens (including phenoxy) is 1. The van der Waals surface area contributed by atoms with Crippen molar-refractivity contribution >= 4 is 21.6 Å². The van der Waals surface area contributed by atoms with Crippen LogP contribution >= 0.6 is 15.9 Å². The topological polar surface area (TPSA) is 21.3 Å². The van der Waals surface area contributed by atoms with E-state index in [1.807, 2.05) is 0 Å². The molecule has 1 fully saturated rings. The van der Waals surface area contributed by atoms with Gasteiger partial charge in [0.05, 0.1) is 6.10 Å². The molecule has 3 heteroatoms. The molecule has 1 N–H and O–H groups in total. The molecule has 0 saturated carbocycles. The van der Waals surface area contributed by atoms with Crippen molar-refractivity contribution in [3.63, 3.8) is 0 Å². The van der Waals surface area contributed by atoms with Gasteiger partial charge in [-0.2, -0.15) is 0 Å². The molecule has 18 heavy (non-hydrogen) atoms. The number of aryl methyl sites for hydroxylation is 1. The lowest BCUT2D eigenvalue weighted by Gasteiger charge is -2.30. The second-order valence-corrected chi connectivity index (χ2v) is 5.97. The van der Waals surface area contributed by atoms with Gasteiger partial charge in [-0.1, -0.05) is 29.3 Å². The van der Waals surface area contributed by atoms with Crippen LogP contribution in [0.1, 0.15) is 38.2 Å². The smallest absolute Gasteiger partial charge is 0.0594 e. The lowest BCUT2D eigenvalue weighted by molar-refractivity contribution is 0.00598. The first kappa shape index (κ1) is 13.9. The van der Waals surface area contributed by atoms with Crippen LogP contribution < -0.4 is 5.32 Å². The van der Waals surface area contributed by atoms with Crippen LogP contribution in [0.2, 0.25) is 0 Å². The Hall–Kier alpha value is -0.540. The number of hydrogen-bond acceptors (Lipinski definition) is 2. The summed E-state index contributed by atoms with van der Waals surface area (Å²) in [6.45, 7) is 5.23. The van der Waals surface area contributed by atoms with E-state index in [4.69, 9.17) is 4.74 Å². The molecule has 0 aliphatic carbocycles. The molecule has 2 nitrogen and oxygen atoms in total. The molecule has 1 aliphatic heterocycles. The van der Waals surface area contributed by atoms with Gasteiger partial charge in [0.25, 0.3) is 0 Å². The third-order valence-electron chi connectivity index (χ3n) is 3.51. The second kappa shape index (κ2) is 6.58. The van der Waals surface area contributed by atoms with Gasteiger partial charge in [0.1, 0.15) is 0 Å². The molecule has 1 saturated heterocycles. The van der Waals surface area contributed by atoms with Gasteiger partial charge in [-0.25, -0.2) is 0 Å². The summed E-state index contributed by atoms with van der Waals surface area (Å²) in [6.07, 6.45) is 5.06. The molecule has 100 valence electrons. The average molecular weight is 312 g/mol. The van der Waals surface area contributed by atoms with Gasteiger partial charge >= 0.3 is 0 Å². The van der Waals surface area contributed by atoms with Gasteiger partial charge in [0.2, 0.25) is 0 Å². The third kappa shape index (κ3) is 3.72. The van der Waals surface area contributed by atoms with E-state index in [9.17, 15) is 0 Å². The van der Waals surface area contributed by atoms with E-state index in [1.165, 1.54) is 28.6 Å². The van der Waals surface area contributed by atoms with Crippen LogP contribution in [0.4, 0.5) is 5.69 Å². The first-order chi connectivity index (χ1) is 8.69. The van der Waals surface area contributed by atoms with Crippen molar-refractivity contribution in [2.24, 2.45) is 0 Å². The number of nitrogens with one attached hydrogen (secondary N) is 1. The lowest BCUT2D eigenvalue weighted by atomic mass is 10.00. The van der Waals surface area contributed by atoms with Gasteiger partial charge in [-0.15, -0.1) is 0 Å². The van der Waals surface area contributed by atoms with E-state index in [0.29, 0.717) is 12.1 Å². The Morgan fingerprint density at radius 1 is 1.44 bits per heavy atom. The minimum atomic E-state index is 0.442. The lowest BCUT2D eigenvalue weighted by Crippen LogP contribution is -2.33. The Balaban J connectivity index is 1.93. The standard InChI is InChI=1S/C15H22BrNO/c1-3-4-14-10-13(7-8-18-14)17-12-5-6-15(16)11(2)9-12/h5-6,9,13-14,17H,3-4,7-8,10H2,1-2H3. The van der Waals surface area contributed by atoms with Crippen LogP contribution in [-0.2, 0) is 4.74 Å². The number of hydrogen-bond donors (Lipinski definition) is 1. The fraction of sp³-hybridized carbons (Fsp3) is 0.600. The molecule has 0 aromatic heterocycles. The maximum Gasteiger partial charge on any atom is 0.0594 e. The summed E-state index contributed by atoms with van der Waals surface area (Å²) < 4.78 is 6.95. The minimum Gasteiger partial charge on any atom is -0.382 e. The summed E-state index contributed by atoms with van der Waals surface area (Å²) >= 11 is 3.54. The quantitative estimate of drug-likeness (QED) is 0.883. The molecular formula is C15H22BrNO. The normalized spacial score (nSPS) is 23.9. The highest BCUT2D eigenvalue weighted by molar-refractivity contribution is 9.10. The molecule has 1 heterocycles. The molecule has 1 aliphatic rings. The van der Waals surface area contributed by atoms with E-state index in [2.05, 4.69) is 53.3 Å². The number of rotatable bonds is 4. The van der Waals surface area contributed by atoms with Crippen LogP contribution in [0.25, 0.3) is 0 Å². The summed E-state index contributed by atoms with van der Waals surface area (Å²) in [5.41, 5.74) is 2.50. The molecule has 1 aromatic rings. The zero-order chi connectivity index (χ0) is 13.0. The first-order valence-electron chi connectivity index (χ1n) is 6.83. The molecule has 0 bridgehead atoms. The van der Waals surface area contributed by atoms with Gasteiger partial charge in [-0.05, 0) is 49.9 Å². The molecule has 1 aromatic carbocycles. The van der Waals surface area contributed by atoms with E-state index in [-0.39, 0.29) is 0 Å². The van der Waals surface area contributed by atoms with Crippen LogP contribution in [0.15, 0.2) is 22.7 Å². The maximum absolute atomic E-state index is 5.78. The summed E-state index contributed by atoms with van der Waals surface area (Å²) in [4.78, 5) is 0. The Bertz CT molecular complexity index is 392. The van der Waals surface area contributed by atoms with Crippen LogP contribution in [-0.4, -0.2) is 18.8 Å². The first-order valence-corrected chi connectivity index (χ1v) is 7.62. The Labute approximate surface area is 118 Å². The van der Waals surface area contributed by atoms with Crippen molar-refractivity contribution in [1.82, 2.24) is 0 Å². The number of halogens is 1. The average Bonchev–Trinajstić information content (AvgIpc) is 2.35. The van der Waals surface area contributed by atoms with E-state index in [1.54, 1.807) is 0 Å².